The number of urea groups is 1. The quantitative estimate of drug-likeness (QED) is 0.819. The van der Waals surface area contributed by atoms with Gasteiger partial charge in [0.1, 0.15) is 0 Å². The molecule has 2 heterocycles. The molecular weight excluding hydrogens is 306 g/mol. The number of carbonyl (C=O) groups excluding carboxylic acids is 2. The first-order valence-electron chi connectivity index (χ1n) is 8.03. The van der Waals surface area contributed by atoms with Crippen molar-refractivity contribution in [3.05, 3.63) is 35.9 Å². The van der Waals surface area contributed by atoms with Crippen LogP contribution in [0.5, 0.6) is 0 Å². The summed E-state index contributed by atoms with van der Waals surface area (Å²) in [6.45, 7) is 0.685. The van der Waals surface area contributed by atoms with Gasteiger partial charge in [-0.05, 0) is 18.4 Å². The van der Waals surface area contributed by atoms with E-state index in [0.717, 1.165) is 17.7 Å². The van der Waals surface area contributed by atoms with Gasteiger partial charge in [-0.15, -0.1) is 0 Å². The molecule has 7 heteroatoms. The number of benzene rings is 1. The molecular formula is C17H22N5O2+. The maximum Gasteiger partial charge on any atom is 0.389 e. The summed E-state index contributed by atoms with van der Waals surface area (Å²) in [7, 11) is 4.94. The Hall–Kier alpha value is -2.70. The summed E-state index contributed by atoms with van der Waals surface area (Å²) in [4.78, 5) is 31.7. The van der Waals surface area contributed by atoms with Gasteiger partial charge < -0.3 is 0 Å². The van der Waals surface area contributed by atoms with Crippen LogP contribution in [0.15, 0.2) is 35.3 Å². The lowest BCUT2D eigenvalue weighted by Crippen LogP contribution is -2.61. The first-order valence-corrected chi connectivity index (χ1v) is 8.03. The van der Waals surface area contributed by atoms with Gasteiger partial charge in [0, 0.05) is 14.1 Å². The Balaban J connectivity index is 1.77. The third kappa shape index (κ3) is 2.66. The number of guanidine groups is 1. The van der Waals surface area contributed by atoms with Gasteiger partial charge in [0.15, 0.2) is 0 Å². The molecule has 1 aromatic rings. The van der Waals surface area contributed by atoms with E-state index < -0.39 is 6.04 Å². The number of aryl methyl sites for hydroxylation is 1. The highest BCUT2D eigenvalue weighted by atomic mass is 16.2. The molecule has 0 radical (unpaired) electrons. The number of imide groups is 1. The van der Waals surface area contributed by atoms with Gasteiger partial charge in [-0.25, -0.2) is 9.37 Å². The van der Waals surface area contributed by atoms with Crippen LogP contribution in [0.25, 0.3) is 0 Å². The van der Waals surface area contributed by atoms with Crippen molar-refractivity contribution in [1.82, 2.24) is 15.1 Å². The second-order valence-electron chi connectivity index (χ2n) is 5.97. The molecule has 3 amide bonds. The van der Waals surface area contributed by atoms with E-state index in [2.05, 4.69) is 22.4 Å². The molecule has 3 rings (SSSR count). The summed E-state index contributed by atoms with van der Waals surface area (Å²) < 4.78 is 1.94. The molecule has 126 valence electrons. The summed E-state index contributed by atoms with van der Waals surface area (Å²) in [5, 5.41) is 3.04. The SMILES string of the molecule is CNC1=[N+](CCCc2ccccc2)C2C(=O)N(C)C(=O)N(C)C2=N1. The standard InChI is InChI=1S/C17H21N5O2/c1-18-16-19-14-13(15(23)21(3)17(24)20(14)2)22(16)11-7-10-12-8-5-4-6-9-12/h4-6,8-9,13H,7,10-11H2,1-3H3/p+1. The Morgan fingerprint density at radius 2 is 1.88 bits per heavy atom. The molecule has 1 atom stereocenters. The van der Waals surface area contributed by atoms with Crippen molar-refractivity contribution in [2.45, 2.75) is 18.9 Å². The summed E-state index contributed by atoms with van der Waals surface area (Å²) >= 11 is 0. The molecule has 0 aliphatic carbocycles. The van der Waals surface area contributed by atoms with Gasteiger partial charge in [0.05, 0.1) is 13.6 Å². The lowest BCUT2D eigenvalue weighted by molar-refractivity contribution is -0.537. The molecule has 1 saturated heterocycles. The second kappa shape index (κ2) is 6.43. The maximum absolute atomic E-state index is 12.6. The lowest BCUT2D eigenvalue weighted by atomic mass is 10.1. The zero-order valence-corrected chi connectivity index (χ0v) is 14.2. The predicted molar refractivity (Wildman–Crippen MR) is 91.1 cm³/mol. The van der Waals surface area contributed by atoms with E-state index in [1.807, 2.05) is 22.8 Å². The van der Waals surface area contributed by atoms with E-state index in [1.54, 1.807) is 14.1 Å². The van der Waals surface area contributed by atoms with Crippen LogP contribution in [-0.2, 0) is 11.2 Å². The van der Waals surface area contributed by atoms with Gasteiger partial charge in [0.2, 0.25) is 11.9 Å². The molecule has 24 heavy (non-hydrogen) atoms. The number of fused-ring (bicyclic) bond motifs is 1. The zero-order valence-electron chi connectivity index (χ0n) is 14.2. The minimum atomic E-state index is -0.532. The zero-order chi connectivity index (χ0) is 17.3. The van der Waals surface area contributed by atoms with E-state index in [9.17, 15) is 9.59 Å². The molecule has 7 nitrogen and oxygen atoms in total. The van der Waals surface area contributed by atoms with E-state index in [1.165, 1.54) is 17.5 Å². The Bertz CT molecular complexity index is 726. The Morgan fingerprint density at radius 1 is 1.17 bits per heavy atom. The van der Waals surface area contributed by atoms with Crippen molar-refractivity contribution >= 4 is 23.7 Å². The fourth-order valence-corrected chi connectivity index (χ4v) is 3.13. The molecule has 1 N–H and O–H groups in total. The molecule has 2 aliphatic heterocycles. The molecule has 1 fully saturated rings. The van der Waals surface area contributed by atoms with Crippen LogP contribution in [0, 0.1) is 0 Å². The summed E-state index contributed by atoms with van der Waals surface area (Å²) in [6, 6.07) is 9.37. The normalized spacial score (nSPS) is 20.5. The highest BCUT2D eigenvalue weighted by molar-refractivity contribution is 6.22. The first kappa shape index (κ1) is 16.2. The Labute approximate surface area is 141 Å². The van der Waals surface area contributed by atoms with E-state index in [0.29, 0.717) is 18.3 Å². The average molecular weight is 328 g/mol. The number of carbonyl (C=O) groups is 2. The number of rotatable bonds is 4. The van der Waals surface area contributed by atoms with Crippen molar-refractivity contribution in [2.24, 2.45) is 4.99 Å². The summed E-state index contributed by atoms with van der Waals surface area (Å²) in [6.07, 6.45) is 1.82. The second-order valence-corrected chi connectivity index (χ2v) is 5.97. The van der Waals surface area contributed by atoms with Crippen molar-refractivity contribution in [3.63, 3.8) is 0 Å². The highest BCUT2D eigenvalue weighted by Crippen LogP contribution is 2.18. The van der Waals surface area contributed by atoms with Crippen LogP contribution < -0.4 is 5.32 Å². The number of amides is 3. The summed E-state index contributed by atoms with van der Waals surface area (Å²) in [5.41, 5.74) is 1.27. The van der Waals surface area contributed by atoms with Crippen LogP contribution in [0.4, 0.5) is 4.79 Å². The largest absolute Gasteiger partial charge is 0.389 e. The van der Waals surface area contributed by atoms with Crippen LogP contribution in [0.3, 0.4) is 0 Å². The fraction of sp³-hybridized carbons (Fsp3) is 0.412. The topological polar surface area (TPSA) is 68.0 Å². The fourth-order valence-electron chi connectivity index (χ4n) is 3.13. The van der Waals surface area contributed by atoms with Gasteiger partial charge in [0.25, 0.3) is 5.91 Å². The highest BCUT2D eigenvalue weighted by Gasteiger charge is 2.50. The Morgan fingerprint density at radius 3 is 2.54 bits per heavy atom. The number of likely N-dealkylation sites (N-methyl/N-ethyl adjacent to an activating group) is 2. The van der Waals surface area contributed by atoms with Gasteiger partial charge in [-0.3, -0.25) is 19.9 Å². The van der Waals surface area contributed by atoms with E-state index in [4.69, 9.17) is 0 Å². The van der Waals surface area contributed by atoms with Gasteiger partial charge in [-0.2, -0.15) is 0 Å². The monoisotopic (exact) mass is 328 g/mol. The van der Waals surface area contributed by atoms with Crippen LogP contribution in [0.1, 0.15) is 12.0 Å². The van der Waals surface area contributed by atoms with Crippen molar-refractivity contribution in [3.8, 4) is 0 Å². The van der Waals surface area contributed by atoms with Crippen molar-refractivity contribution < 1.29 is 14.2 Å². The predicted octanol–water partition coefficient (Wildman–Crippen LogP) is 0.512. The van der Waals surface area contributed by atoms with Crippen LogP contribution >= 0.6 is 0 Å². The number of hydrogen-bond donors (Lipinski definition) is 1. The minimum absolute atomic E-state index is 0.234. The smallest absolute Gasteiger partial charge is 0.277 e. The lowest BCUT2D eigenvalue weighted by Gasteiger charge is -2.31. The molecule has 0 aromatic heterocycles. The van der Waals surface area contributed by atoms with Crippen molar-refractivity contribution in [1.29, 1.82) is 0 Å². The van der Waals surface area contributed by atoms with Gasteiger partial charge in [-0.1, -0.05) is 35.3 Å². The number of nitrogens with one attached hydrogen (secondary N) is 1. The van der Waals surface area contributed by atoms with Gasteiger partial charge >= 0.3 is 12.0 Å². The van der Waals surface area contributed by atoms with Crippen LogP contribution in [-0.4, -0.2) is 71.8 Å². The molecule has 1 aromatic carbocycles. The molecule has 0 spiro atoms. The van der Waals surface area contributed by atoms with E-state index >= 15 is 0 Å². The third-order valence-electron chi connectivity index (χ3n) is 4.46. The number of nitrogens with zero attached hydrogens (tertiary/aromatic N) is 4. The minimum Gasteiger partial charge on any atom is -0.277 e. The number of aliphatic imine (C=N–C) groups is 1. The Kier molecular flexibility index (Phi) is 4.33. The maximum atomic E-state index is 12.6. The summed E-state index contributed by atoms with van der Waals surface area (Å²) in [5.74, 6) is 0.889. The molecule has 1 unspecified atom stereocenters. The molecule has 0 bridgehead atoms. The number of amidine groups is 1. The molecule has 0 saturated carbocycles. The van der Waals surface area contributed by atoms with Crippen LogP contribution in [0.2, 0.25) is 0 Å². The molecule has 2 aliphatic rings. The average Bonchev–Trinajstić information content (AvgIpc) is 2.98. The number of hydrogen-bond acceptors (Lipinski definition) is 4. The van der Waals surface area contributed by atoms with Crippen molar-refractivity contribution in [2.75, 3.05) is 27.7 Å². The first-order chi connectivity index (χ1) is 11.5. The van der Waals surface area contributed by atoms with E-state index in [-0.39, 0.29) is 11.9 Å². The third-order valence-corrected chi connectivity index (χ3v) is 4.46.